The van der Waals surface area contributed by atoms with E-state index in [0.717, 1.165) is 10.9 Å². The van der Waals surface area contributed by atoms with E-state index < -0.39 is 0 Å². The van der Waals surface area contributed by atoms with Gasteiger partial charge in [-0.25, -0.2) is 4.98 Å². The van der Waals surface area contributed by atoms with Crippen molar-refractivity contribution < 1.29 is 4.79 Å². The fourth-order valence-corrected chi connectivity index (χ4v) is 1.74. The van der Waals surface area contributed by atoms with E-state index in [2.05, 4.69) is 26.2 Å². The molecule has 0 fully saturated rings. The molecule has 2 aromatic rings. The predicted octanol–water partition coefficient (Wildman–Crippen LogP) is 3.14. The zero-order valence-corrected chi connectivity index (χ0v) is 12.0. The number of hydrogen-bond acceptors (Lipinski definition) is 2. The molecule has 1 aromatic heterocycles. The van der Waals surface area contributed by atoms with E-state index in [-0.39, 0.29) is 11.4 Å². The minimum Gasteiger partial charge on any atom is -0.345 e. The van der Waals surface area contributed by atoms with Crippen LogP contribution in [0.15, 0.2) is 36.4 Å². The van der Waals surface area contributed by atoms with Crippen molar-refractivity contribution in [2.45, 2.75) is 19.4 Å². The Morgan fingerprint density at radius 2 is 2.00 bits per heavy atom. The zero-order valence-electron chi connectivity index (χ0n) is 10.4. The third-order valence-electron chi connectivity index (χ3n) is 2.62. The van der Waals surface area contributed by atoms with Crippen LogP contribution in [0.3, 0.4) is 0 Å². The lowest BCUT2D eigenvalue weighted by molar-refractivity contribution is 0.0916. The fraction of sp³-hybridized carbons (Fsp3) is 0.286. The molecule has 2 rings (SSSR count). The Hall–Kier alpha value is -1.42. The Morgan fingerprint density at radius 3 is 2.72 bits per heavy atom. The summed E-state index contributed by atoms with van der Waals surface area (Å²) in [6, 6.07) is 11.4. The van der Waals surface area contributed by atoms with Crippen molar-refractivity contribution in [1.82, 2.24) is 10.3 Å². The van der Waals surface area contributed by atoms with E-state index in [9.17, 15) is 4.79 Å². The second-order valence-electron chi connectivity index (χ2n) is 4.86. The number of pyridine rings is 1. The first kappa shape index (κ1) is 13.0. The quantitative estimate of drug-likeness (QED) is 0.885. The van der Waals surface area contributed by atoms with Gasteiger partial charge in [0.05, 0.1) is 5.52 Å². The molecule has 4 heteroatoms. The Kier molecular flexibility index (Phi) is 3.66. The third-order valence-corrected chi connectivity index (χ3v) is 4.02. The number of nitrogens with zero attached hydrogens (tertiary/aromatic N) is 1. The van der Waals surface area contributed by atoms with E-state index in [1.54, 1.807) is 6.07 Å². The van der Waals surface area contributed by atoms with Gasteiger partial charge in [-0.3, -0.25) is 4.79 Å². The van der Waals surface area contributed by atoms with Gasteiger partial charge in [-0.05, 0) is 26.0 Å². The zero-order chi connectivity index (χ0) is 13.2. The highest BCUT2D eigenvalue weighted by Crippen LogP contribution is 2.13. The van der Waals surface area contributed by atoms with Crippen molar-refractivity contribution in [3.05, 3.63) is 42.1 Å². The summed E-state index contributed by atoms with van der Waals surface area (Å²) in [5.41, 5.74) is 0.995. The average molecular weight is 307 g/mol. The van der Waals surface area contributed by atoms with Crippen LogP contribution < -0.4 is 5.32 Å². The summed E-state index contributed by atoms with van der Waals surface area (Å²) in [5.74, 6) is -0.148. The van der Waals surface area contributed by atoms with Crippen molar-refractivity contribution in [3.8, 4) is 0 Å². The molecule has 0 atom stereocenters. The van der Waals surface area contributed by atoms with Crippen LogP contribution in [-0.4, -0.2) is 21.8 Å². The summed E-state index contributed by atoms with van der Waals surface area (Å²) in [7, 11) is 0. The number of alkyl halides is 1. The molecule has 1 N–H and O–H groups in total. The average Bonchev–Trinajstić information content (AvgIpc) is 2.37. The van der Waals surface area contributed by atoms with Crippen molar-refractivity contribution in [3.63, 3.8) is 0 Å². The van der Waals surface area contributed by atoms with Gasteiger partial charge in [-0.2, -0.15) is 0 Å². The molecule has 18 heavy (non-hydrogen) atoms. The molecule has 0 saturated heterocycles. The van der Waals surface area contributed by atoms with Crippen LogP contribution in [0.25, 0.3) is 10.9 Å². The molecule has 1 aromatic carbocycles. The molecule has 0 spiro atoms. The number of nitrogens with one attached hydrogen (secondary N) is 1. The number of para-hydroxylation sites is 1. The maximum atomic E-state index is 12.1. The first-order valence-electron chi connectivity index (χ1n) is 5.76. The maximum Gasteiger partial charge on any atom is 0.270 e. The molecule has 3 nitrogen and oxygen atoms in total. The number of benzene rings is 1. The second-order valence-corrected chi connectivity index (χ2v) is 5.42. The Labute approximate surface area is 115 Å². The van der Waals surface area contributed by atoms with Gasteiger partial charge in [-0.15, -0.1) is 0 Å². The van der Waals surface area contributed by atoms with E-state index in [0.29, 0.717) is 11.0 Å². The number of fused-ring (bicyclic) bond motifs is 1. The van der Waals surface area contributed by atoms with E-state index in [1.807, 2.05) is 44.2 Å². The topological polar surface area (TPSA) is 42.0 Å². The SMILES string of the molecule is CC(C)(CBr)NC(=O)c1ccc2ccccc2n1. The van der Waals surface area contributed by atoms with Gasteiger partial charge in [0, 0.05) is 16.3 Å². The Bertz CT molecular complexity index is 581. The monoisotopic (exact) mass is 306 g/mol. The van der Waals surface area contributed by atoms with Gasteiger partial charge in [-0.1, -0.05) is 40.2 Å². The van der Waals surface area contributed by atoms with Crippen LogP contribution in [0, 0.1) is 0 Å². The Morgan fingerprint density at radius 1 is 1.28 bits per heavy atom. The molecule has 0 radical (unpaired) electrons. The summed E-state index contributed by atoms with van der Waals surface area (Å²) < 4.78 is 0. The van der Waals surface area contributed by atoms with Crippen LogP contribution >= 0.6 is 15.9 Å². The van der Waals surface area contributed by atoms with Gasteiger partial charge in [0.1, 0.15) is 5.69 Å². The van der Waals surface area contributed by atoms with Crippen molar-refractivity contribution in [1.29, 1.82) is 0 Å². The van der Waals surface area contributed by atoms with Gasteiger partial charge in [0.15, 0.2) is 0 Å². The molecule has 0 aliphatic rings. The smallest absolute Gasteiger partial charge is 0.270 e. The second kappa shape index (κ2) is 5.06. The van der Waals surface area contributed by atoms with Gasteiger partial charge in [0.25, 0.3) is 5.91 Å². The molecule has 1 heterocycles. The van der Waals surface area contributed by atoms with Crippen LogP contribution in [0.2, 0.25) is 0 Å². The largest absolute Gasteiger partial charge is 0.345 e. The lowest BCUT2D eigenvalue weighted by Gasteiger charge is -2.23. The summed E-state index contributed by atoms with van der Waals surface area (Å²) in [6.45, 7) is 3.92. The van der Waals surface area contributed by atoms with E-state index in [1.165, 1.54) is 0 Å². The van der Waals surface area contributed by atoms with Gasteiger partial charge >= 0.3 is 0 Å². The number of amides is 1. The minimum atomic E-state index is -0.287. The molecule has 0 saturated carbocycles. The van der Waals surface area contributed by atoms with Crippen LogP contribution in [-0.2, 0) is 0 Å². The standard InChI is InChI=1S/C14H15BrN2O/c1-14(2,9-15)17-13(18)12-8-7-10-5-3-4-6-11(10)16-12/h3-8H,9H2,1-2H3,(H,17,18). The number of carbonyl (C=O) groups is 1. The highest BCUT2D eigenvalue weighted by atomic mass is 79.9. The number of aromatic nitrogens is 1. The molecular weight excluding hydrogens is 292 g/mol. The summed E-state index contributed by atoms with van der Waals surface area (Å²) in [4.78, 5) is 16.4. The van der Waals surface area contributed by atoms with Crippen molar-refractivity contribution >= 4 is 32.7 Å². The number of rotatable bonds is 3. The molecule has 0 aliphatic heterocycles. The third kappa shape index (κ3) is 2.88. The molecule has 0 bridgehead atoms. The van der Waals surface area contributed by atoms with Crippen LogP contribution in [0.1, 0.15) is 24.3 Å². The molecule has 0 unspecified atom stereocenters. The molecular formula is C14H15BrN2O. The van der Waals surface area contributed by atoms with Crippen LogP contribution in [0.4, 0.5) is 0 Å². The number of carbonyl (C=O) groups excluding carboxylic acids is 1. The highest BCUT2D eigenvalue weighted by Gasteiger charge is 2.20. The number of halogens is 1. The van der Waals surface area contributed by atoms with Crippen molar-refractivity contribution in [2.24, 2.45) is 0 Å². The first-order chi connectivity index (χ1) is 8.52. The summed E-state index contributed by atoms with van der Waals surface area (Å²) in [6.07, 6.45) is 0. The van der Waals surface area contributed by atoms with Crippen molar-refractivity contribution in [2.75, 3.05) is 5.33 Å². The normalized spacial score (nSPS) is 11.5. The van der Waals surface area contributed by atoms with E-state index >= 15 is 0 Å². The molecule has 94 valence electrons. The number of hydrogen-bond donors (Lipinski definition) is 1. The maximum absolute atomic E-state index is 12.1. The minimum absolute atomic E-state index is 0.148. The van der Waals surface area contributed by atoms with Gasteiger partial charge < -0.3 is 5.32 Å². The molecule has 0 aliphatic carbocycles. The lowest BCUT2D eigenvalue weighted by atomic mass is 10.1. The predicted molar refractivity (Wildman–Crippen MR) is 77.1 cm³/mol. The van der Waals surface area contributed by atoms with Crippen LogP contribution in [0.5, 0.6) is 0 Å². The van der Waals surface area contributed by atoms with E-state index in [4.69, 9.17) is 0 Å². The Balaban J connectivity index is 2.28. The fourth-order valence-electron chi connectivity index (χ4n) is 1.60. The summed E-state index contributed by atoms with van der Waals surface area (Å²) in [5, 5.41) is 4.67. The first-order valence-corrected chi connectivity index (χ1v) is 6.88. The van der Waals surface area contributed by atoms with Gasteiger partial charge in [0.2, 0.25) is 0 Å². The summed E-state index contributed by atoms with van der Waals surface area (Å²) >= 11 is 3.38. The highest BCUT2D eigenvalue weighted by molar-refractivity contribution is 9.09. The molecule has 1 amide bonds. The lowest BCUT2D eigenvalue weighted by Crippen LogP contribution is -2.45.